The molecule has 1 amide bonds. The van der Waals surface area contributed by atoms with Crippen LogP contribution in [0.15, 0.2) is 0 Å². The minimum absolute atomic E-state index is 0.288. The topological polar surface area (TPSA) is 32.8 Å². The van der Waals surface area contributed by atoms with Crippen molar-refractivity contribution in [2.45, 2.75) is 19.3 Å². The quantitative estimate of drug-likeness (QED) is 0.617. The summed E-state index contributed by atoms with van der Waals surface area (Å²) >= 11 is 0. The van der Waals surface area contributed by atoms with Crippen LogP contribution in [0.2, 0.25) is 0 Å². The fourth-order valence-electron chi connectivity index (χ4n) is 1.26. The lowest BCUT2D eigenvalue weighted by Crippen LogP contribution is -2.35. The van der Waals surface area contributed by atoms with Crippen molar-refractivity contribution in [1.82, 2.24) is 9.80 Å². The molecule has 4 nitrogen and oxygen atoms in total. The van der Waals surface area contributed by atoms with Gasteiger partial charge in [0.05, 0.1) is 0 Å². The molecule has 1 heterocycles. The van der Waals surface area contributed by atoms with E-state index < -0.39 is 0 Å². The third kappa shape index (κ3) is 2.88. The predicted octanol–water partition coefficient (Wildman–Crippen LogP) is 1.29. The summed E-state index contributed by atoms with van der Waals surface area (Å²) < 4.78 is 5.19. The molecule has 0 saturated carbocycles. The van der Waals surface area contributed by atoms with E-state index >= 15 is 0 Å². The maximum absolute atomic E-state index is 11.2. The van der Waals surface area contributed by atoms with Gasteiger partial charge in [-0.2, -0.15) is 0 Å². The highest BCUT2D eigenvalue weighted by Gasteiger charge is 2.24. The molecule has 0 bridgehead atoms. The Bertz CT molecular complexity index is 182. The van der Waals surface area contributed by atoms with Gasteiger partial charge >= 0.3 is 6.09 Å². The molecule has 1 saturated heterocycles. The maximum Gasteiger partial charge on any atom is 0.411 e. The number of rotatable bonds is 1. The van der Waals surface area contributed by atoms with Crippen molar-refractivity contribution in [3.63, 3.8) is 0 Å². The van der Waals surface area contributed by atoms with Crippen molar-refractivity contribution in [3.05, 3.63) is 6.23 Å². The summed E-state index contributed by atoms with van der Waals surface area (Å²) in [5.41, 5.74) is 0. The molecule has 1 radical (unpaired) electrons. The van der Waals surface area contributed by atoms with E-state index in [2.05, 4.69) is 0 Å². The van der Waals surface area contributed by atoms with Crippen molar-refractivity contribution >= 4 is 6.09 Å². The van der Waals surface area contributed by atoms with Crippen LogP contribution in [0.25, 0.3) is 0 Å². The van der Waals surface area contributed by atoms with E-state index in [9.17, 15) is 4.79 Å². The number of nitrogens with zero attached hydrogens (tertiary/aromatic N) is 2. The molecular weight excluding hydrogens is 168 g/mol. The number of carbonyl (C=O) groups is 1. The largest absolute Gasteiger partial charge is 0.421 e. The minimum Gasteiger partial charge on any atom is -0.421 e. The van der Waals surface area contributed by atoms with E-state index in [1.807, 2.05) is 11.9 Å². The van der Waals surface area contributed by atoms with Crippen LogP contribution in [-0.4, -0.2) is 43.6 Å². The summed E-state index contributed by atoms with van der Waals surface area (Å²) in [6.45, 7) is 0.982. The zero-order valence-electron chi connectivity index (χ0n) is 8.54. The van der Waals surface area contributed by atoms with Gasteiger partial charge in [0.2, 0.25) is 6.23 Å². The lowest BCUT2D eigenvalue weighted by atomic mass is 10.1. The van der Waals surface area contributed by atoms with Gasteiger partial charge in [-0.3, -0.25) is 4.90 Å². The number of carbonyl (C=O) groups excluding carboxylic acids is 1. The summed E-state index contributed by atoms with van der Waals surface area (Å²) in [6, 6.07) is 0. The van der Waals surface area contributed by atoms with Crippen molar-refractivity contribution < 1.29 is 9.53 Å². The molecule has 4 heteroatoms. The lowest BCUT2D eigenvalue weighted by Gasteiger charge is -2.30. The average Bonchev–Trinajstić information content (AvgIpc) is 2.08. The number of likely N-dealkylation sites (tertiary alicyclic amines) is 1. The molecule has 0 aliphatic carbocycles. The van der Waals surface area contributed by atoms with Crippen LogP contribution >= 0.6 is 0 Å². The van der Waals surface area contributed by atoms with Crippen LogP contribution in [-0.2, 0) is 4.74 Å². The summed E-state index contributed by atoms with van der Waals surface area (Å²) in [5.74, 6) is 0. The number of hydrogen-bond donors (Lipinski definition) is 0. The molecule has 13 heavy (non-hydrogen) atoms. The number of ether oxygens (including phenoxy) is 1. The Kier molecular flexibility index (Phi) is 3.54. The highest BCUT2D eigenvalue weighted by molar-refractivity contribution is 5.67. The van der Waals surface area contributed by atoms with Crippen molar-refractivity contribution in [1.29, 1.82) is 0 Å². The molecular formula is C9H17N2O2. The molecule has 0 atom stereocenters. The van der Waals surface area contributed by atoms with Gasteiger partial charge in [0.1, 0.15) is 0 Å². The lowest BCUT2D eigenvalue weighted by molar-refractivity contribution is 0.0487. The van der Waals surface area contributed by atoms with Crippen LogP contribution < -0.4 is 0 Å². The average molecular weight is 185 g/mol. The molecule has 75 valence electrons. The van der Waals surface area contributed by atoms with E-state index in [4.69, 9.17) is 4.74 Å². The summed E-state index contributed by atoms with van der Waals surface area (Å²) in [4.78, 5) is 14.7. The second-order valence-corrected chi connectivity index (χ2v) is 3.53. The Morgan fingerprint density at radius 2 is 2.15 bits per heavy atom. The van der Waals surface area contributed by atoms with Crippen LogP contribution in [0, 0.1) is 6.23 Å². The normalized spacial score (nSPS) is 19.9. The predicted molar refractivity (Wildman–Crippen MR) is 49.9 cm³/mol. The van der Waals surface area contributed by atoms with Gasteiger partial charge in [-0.25, -0.2) is 4.79 Å². The van der Waals surface area contributed by atoms with Gasteiger partial charge < -0.3 is 9.64 Å². The van der Waals surface area contributed by atoms with Gasteiger partial charge in [0.15, 0.2) is 0 Å². The second-order valence-electron chi connectivity index (χ2n) is 3.53. The van der Waals surface area contributed by atoms with Crippen LogP contribution in [0.4, 0.5) is 4.79 Å². The third-order valence-electron chi connectivity index (χ3n) is 2.13. The molecule has 0 N–H and O–H groups in total. The SMILES string of the molecule is CN1CCCC[C]1OC(=O)N(C)C. The highest BCUT2D eigenvalue weighted by Crippen LogP contribution is 2.22. The molecule has 1 rings (SSSR count). The number of amides is 1. The zero-order chi connectivity index (χ0) is 9.84. The van der Waals surface area contributed by atoms with Crippen molar-refractivity contribution in [3.8, 4) is 0 Å². The van der Waals surface area contributed by atoms with Gasteiger partial charge in [-0.1, -0.05) is 0 Å². The highest BCUT2D eigenvalue weighted by atomic mass is 16.6. The number of hydrogen-bond acceptors (Lipinski definition) is 3. The first-order valence-corrected chi connectivity index (χ1v) is 4.57. The Morgan fingerprint density at radius 3 is 2.69 bits per heavy atom. The Balaban J connectivity index is 2.38. The third-order valence-corrected chi connectivity index (χ3v) is 2.13. The first-order chi connectivity index (χ1) is 6.11. The zero-order valence-corrected chi connectivity index (χ0v) is 8.54. The second kappa shape index (κ2) is 4.46. The van der Waals surface area contributed by atoms with Crippen LogP contribution in [0.3, 0.4) is 0 Å². The molecule has 0 spiro atoms. The van der Waals surface area contributed by atoms with Gasteiger partial charge in [0, 0.05) is 27.1 Å². The molecule has 1 aliphatic heterocycles. The van der Waals surface area contributed by atoms with Gasteiger partial charge in [-0.05, 0) is 19.9 Å². The van der Waals surface area contributed by atoms with Crippen LogP contribution in [0.1, 0.15) is 19.3 Å². The monoisotopic (exact) mass is 185 g/mol. The molecule has 0 aromatic heterocycles. The van der Waals surface area contributed by atoms with E-state index in [0.717, 1.165) is 25.6 Å². The first-order valence-electron chi connectivity index (χ1n) is 4.57. The van der Waals surface area contributed by atoms with E-state index in [-0.39, 0.29) is 6.09 Å². The smallest absolute Gasteiger partial charge is 0.411 e. The van der Waals surface area contributed by atoms with E-state index in [0.29, 0.717) is 0 Å². The minimum atomic E-state index is -0.288. The maximum atomic E-state index is 11.2. The van der Waals surface area contributed by atoms with Crippen molar-refractivity contribution in [2.24, 2.45) is 0 Å². The molecule has 0 aromatic carbocycles. The van der Waals surface area contributed by atoms with E-state index in [1.54, 1.807) is 14.1 Å². The summed E-state index contributed by atoms with van der Waals surface area (Å²) in [5, 5.41) is 0. The summed E-state index contributed by atoms with van der Waals surface area (Å²) in [7, 11) is 5.33. The van der Waals surface area contributed by atoms with Gasteiger partial charge in [-0.15, -0.1) is 0 Å². The van der Waals surface area contributed by atoms with Crippen LogP contribution in [0.5, 0.6) is 0 Å². The van der Waals surface area contributed by atoms with E-state index in [1.165, 1.54) is 11.3 Å². The number of piperidine rings is 1. The Hall–Kier alpha value is -0.770. The fraction of sp³-hybridized carbons (Fsp3) is 0.778. The standard InChI is InChI=1S/C9H17N2O2/c1-10(2)9(12)13-8-6-4-5-7-11(8)3/h4-7H2,1-3H3. The molecule has 1 fully saturated rings. The molecule has 1 aliphatic rings. The Labute approximate surface area is 79.4 Å². The summed E-state index contributed by atoms with van der Waals surface area (Å²) in [6.07, 6.45) is 3.67. The molecule has 0 unspecified atom stereocenters. The first kappa shape index (κ1) is 10.3. The fourth-order valence-corrected chi connectivity index (χ4v) is 1.26. The molecule has 0 aromatic rings. The van der Waals surface area contributed by atoms with Crippen molar-refractivity contribution in [2.75, 3.05) is 27.7 Å². The Morgan fingerprint density at radius 1 is 1.46 bits per heavy atom. The van der Waals surface area contributed by atoms with Gasteiger partial charge in [0.25, 0.3) is 0 Å².